The minimum atomic E-state index is -5.08. The summed E-state index contributed by atoms with van der Waals surface area (Å²) in [5.41, 5.74) is -0.320. The summed E-state index contributed by atoms with van der Waals surface area (Å²) in [6.45, 7) is 1.94. The molecule has 3 rings (SSSR count). The standard InChI is InChI=1S/C15H21FN4O3.C2HF3O2/c1-22-9-13(21)20-4-2-3-15(10-20)5-12(8-23-15)19-14-17-6-11(16)7-18-14;3-2(4,5)1(6)7/h6-7,12H,2-5,8-10H2,1H3,(H,17,18,19);(H,6,7). The van der Waals surface area contributed by atoms with Crippen molar-refractivity contribution >= 4 is 17.8 Å². The highest BCUT2D eigenvalue weighted by molar-refractivity contribution is 5.77. The van der Waals surface area contributed by atoms with Crippen LogP contribution in [-0.2, 0) is 19.1 Å². The first-order chi connectivity index (χ1) is 14.0. The van der Waals surface area contributed by atoms with Gasteiger partial charge in [-0.05, 0) is 12.8 Å². The zero-order valence-corrected chi connectivity index (χ0v) is 16.1. The maximum atomic E-state index is 12.8. The predicted octanol–water partition coefficient (Wildman–Crippen LogP) is 1.46. The second-order valence-electron chi connectivity index (χ2n) is 6.92. The molecule has 1 aromatic heterocycles. The lowest BCUT2D eigenvalue weighted by molar-refractivity contribution is -0.192. The second-order valence-corrected chi connectivity index (χ2v) is 6.92. The number of aromatic nitrogens is 2. The van der Waals surface area contributed by atoms with E-state index in [1.165, 1.54) is 7.11 Å². The van der Waals surface area contributed by atoms with Crippen LogP contribution in [0.5, 0.6) is 0 Å². The Morgan fingerprint density at radius 3 is 2.60 bits per heavy atom. The number of hydrogen-bond acceptors (Lipinski definition) is 7. The number of amides is 1. The second kappa shape index (κ2) is 9.98. The van der Waals surface area contributed by atoms with Gasteiger partial charge in [0.15, 0.2) is 5.82 Å². The fourth-order valence-corrected chi connectivity index (χ4v) is 3.32. The molecule has 1 aromatic rings. The van der Waals surface area contributed by atoms with Gasteiger partial charge in [0.05, 0.1) is 30.6 Å². The molecule has 1 amide bonds. The Hall–Kier alpha value is -2.54. The summed E-state index contributed by atoms with van der Waals surface area (Å²) in [6.07, 6.45) is -0.217. The maximum Gasteiger partial charge on any atom is 0.490 e. The molecular formula is C17H22F4N4O5. The van der Waals surface area contributed by atoms with Crippen molar-refractivity contribution in [3.8, 4) is 0 Å². The molecule has 30 heavy (non-hydrogen) atoms. The first-order valence-electron chi connectivity index (χ1n) is 8.99. The number of hydrogen-bond donors (Lipinski definition) is 2. The van der Waals surface area contributed by atoms with E-state index in [0.717, 1.165) is 38.2 Å². The van der Waals surface area contributed by atoms with Gasteiger partial charge >= 0.3 is 12.1 Å². The number of nitrogens with one attached hydrogen (secondary N) is 1. The molecule has 2 unspecified atom stereocenters. The van der Waals surface area contributed by atoms with Crippen molar-refractivity contribution in [3.05, 3.63) is 18.2 Å². The van der Waals surface area contributed by atoms with Gasteiger partial charge in [0, 0.05) is 26.6 Å². The zero-order valence-electron chi connectivity index (χ0n) is 16.1. The van der Waals surface area contributed by atoms with Gasteiger partial charge in [0.2, 0.25) is 11.9 Å². The fourth-order valence-electron chi connectivity index (χ4n) is 3.32. The molecule has 0 aromatic carbocycles. The van der Waals surface area contributed by atoms with Crippen LogP contribution < -0.4 is 5.32 Å². The van der Waals surface area contributed by atoms with Crippen LogP contribution in [0.25, 0.3) is 0 Å². The molecule has 0 aliphatic carbocycles. The Kier molecular flexibility index (Phi) is 7.89. The van der Waals surface area contributed by atoms with Gasteiger partial charge in [-0.25, -0.2) is 19.2 Å². The number of aliphatic carboxylic acids is 1. The highest BCUT2D eigenvalue weighted by Crippen LogP contribution is 2.35. The molecule has 2 aliphatic heterocycles. The Morgan fingerprint density at radius 1 is 1.40 bits per heavy atom. The van der Waals surface area contributed by atoms with Gasteiger partial charge in [-0.2, -0.15) is 13.2 Å². The van der Waals surface area contributed by atoms with Crippen LogP contribution in [0.15, 0.2) is 12.4 Å². The van der Waals surface area contributed by atoms with Crippen molar-refractivity contribution in [2.24, 2.45) is 0 Å². The van der Waals surface area contributed by atoms with Crippen molar-refractivity contribution in [2.75, 3.05) is 38.7 Å². The van der Waals surface area contributed by atoms with Crippen LogP contribution in [0.2, 0.25) is 0 Å². The number of halogens is 4. The lowest BCUT2D eigenvalue weighted by atomic mass is 9.88. The van der Waals surface area contributed by atoms with Crippen LogP contribution in [0.1, 0.15) is 19.3 Å². The third-order valence-electron chi connectivity index (χ3n) is 4.57. The Morgan fingerprint density at radius 2 is 2.03 bits per heavy atom. The van der Waals surface area contributed by atoms with E-state index in [2.05, 4.69) is 15.3 Å². The number of carbonyl (C=O) groups excluding carboxylic acids is 1. The van der Waals surface area contributed by atoms with E-state index in [-0.39, 0.29) is 24.2 Å². The summed E-state index contributed by atoms with van der Waals surface area (Å²) in [4.78, 5) is 30.5. The third kappa shape index (κ3) is 6.76. The van der Waals surface area contributed by atoms with Crippen LogP contribution >= 0.6 is 0 Å². The van der Waals surface area contributed by atoms with Crippen molar-refractivity contribution in [1.29, 1.82) is 0 Å². The summed E-state index contributed by atoms with van der Waals surface area (Å²) in [6, 6.07) is 0.0536. The molecule has 168 valence electrons. The van der Waals surface area contributed by atoms with E-state index >= 15 is 0 Å². The number of nitrogens with zero attached hydrogens (tertiary/aromatic N) is 3. The van der Waals surface area contributed by atoms with Crippen LogP contribution in [0.3, 0.4) is 0 Å². The van der Waals surface area contributed by atoms with Crippen molar-refractivity contribution in [1.82, 2.24) is 14.9 Å². The van der Waals surface area contributed by atoms with Gasteiger partial charge in [0.1, 0.15) is 6.61 Å². The topological polar surface area (TPSA) is 114 Å². The normalized spacial score (nSPS) is 23.6. The van der Waals surface area contributed by atoms with Gasteiger partial charge < -0.3 is 24.8 Å². The quantitative estimate of drug-likeness (QED) is 0.680. The molecule has 0 radical (unpaired) electrons. The molecule has 13 heteroatoms. The maximum absolute atomic E-state index is 12.8. The van der Waals surface area contributed by atoms with Crippen LogP contribution in [0.4, 0.5) is 23.5 Å². The first kappa shape index (κ1) is 23.7. The number of carboxylic acids is 1. The lowest BCUT2D eigenvalue weighted by Crippen LogP contribution is -2.51. The monoisotopic (exact) mass is 438 g/mol. The third-order valence-corrected chi connectivity index (χ3v) is 4.57. The fraction of sp³-hybridized carbons (Fsp3) is 0.647. The number of piperidine rings is 1. The van der Waals surface area contributed by atoms with E-state index < -0.39 is 18.0 Å². The smallest absolute Gasteiger partial charge is 0.475 e. The summed E-state index contributed by atoms with van der Waals surface area (Å²) >= 11 is 0. The van der Waals surface area contributed by atoms with Crippen molar-refractivity contribution in [2.45, 2.75) is 37.1 Å². The van der Waals surface area contributed by atoms with Crippen molar-refractivity contribution in [3.63, 3.8) is 0 Å². The van der Waals surface area contributed by atoms with Gasteiger partial charge in [-0.15, -0.1) is 0 Å². The Balaban J connectivity index is 0.000000396. The first-order valence-corrected chi connectivity index (χ1v) is 8.99. The molecule has 2 saturated heterocycles. The minimum Gasteiger partial charge on any atom is -0.475 e. The molecular weight excluding hydrogens is 416 g/mol. The Labute approximate surface area is 169 Å². The molecule has 2 fully saturated rings. The minimum absolute atomic E-state index is 0.00606. The molecule has 0 saturated carbocycles. The molecule has 1 spiro atoms. The molecule has 3 heterocycles. The average Bonchev–Trinajstić information content (AvgIpc) is 3.05. The van der Waals surface area contributed by atoms with Gasteiger partial charge in [0.25, 0.3) is 0 Å². The number of methoxy groups -OCH3 is 1. The highest BCUT2D eigenvalue weighted by atomic mass is 19.4. The zero-order chi connectivity index (χ0) is 22.4. The Bertz CT molecular complexity index is 734. The lowest BCUT2D eigenvalue weighted by Gasteiger charge is -2.39. The van der Waals surface area contributed by atoms with E-state index in [1.54, 1.807) is 0 Å². The molecule has 2 atom stereocenters. The molecule has 2 N–H and O–H groups in total. The molecule has 0 bridgehead atoms. The van der Waals surface area contributed by atoms with E-state index in [4.69, 9.17) is 19.4 Å². The molecule has 9 nitrogen and oxygen atoms in total. The summed E-state index contributed by atoms with van der Waals surface area (Å²) in [5, 5.41) is 10.3. The van der Waals surface area contributed by atoms with Gasteiger partial charge in [-0.1, -0.05) is 0 Å². The number of carboxylic acid groups (broad SMARTS) is 1. The number of carbonyl (C=O) groups is 2. The van der Waals surface area contributed by atoms with E-state index in [0.29, 0.717) is 19.1 Å². The number of rotatable bonds is 4. The predicted molar refractivity (Wildman–Crippen MR) is 94.1 cm³/mol. The largest absolute Gasteiger partial charge is 0.490 e. The average molecular weight is 438 g/mol. The van der Waals surface area contributed by atoms with Crippen LogP contribution in [0, 0.1) is 5.82 Å². The number of ether oxygens (including phenoxy) is 2. The SMILES string of the molecule is COCC(=O)N1CCCC2(CC(Nc3ncc(F)cn3)CO2)C1.O=C(O)C(F)(F)F. The highest BCUT2D eigenvalue weighted by Gasteiger charge is 2.44. The summed E-state index contributed by atoms with van der Waals surface area (Å²) in [7, 11) is 1.52. The number of alkyl halides is 3. The van der Waals surface area contributed by atoms with E-state index in [1.807, 2.05) is 4.90 Å². The summed E-state index contributed by atoms with van der Waals surface area (Å²) in [5.74, 6) is -2.84. The van der Waals surface area contributed by atoms with Gasteiger partial charge in [-0.3, -0.25) is 4.79 Å². The summed E-state index contributed by atoms with van der Waals surface area (Å²) < 4.78 is 55.5. The van der Waals surface area contributed by atoms with Crippen LogP contribution in [-0.4, -0.2) is 83.1 Å². The molecule has 2 aliphatic rings. The van der Waals surface area contributed by atoms with E-state index in [9.17, 15) is 22.4 Å². The number of anilines is 1. The van der Waals surface area contributed by atoms with Crippen molar-refractivity contribution < 1.29 is 41.7 Å². The number of likely N-dealkylation sites (tertiary alicyclic amines) is 1.